The summed E-state index contributed by atoms with van der Waals surface area (Å²) in [6.07, 6.45) is 3.06. The molecule has 1 aromatic heterocycles. The number of likely N-dealkylation sites (tertiary alicyclic amines) is 1. The van der Waals surface area contributed by atoms with Crippen molar-refractivity contribution in [3.63, 3.8) is 0 Å². The van der Waals surface area contributed by atoms with Gasteiger partial charge in [-0.25, -0.2) is 9.97 Å². The van der Waals surface area contributed by atoms with Crippen LogP contribution in [0.15, 0.2) is 48.7 Å². The van der Waals surface area contributed by atoms with Gasteiger partial charge in [0, 0.05) is 53.8 Å². The van der Waals surface area contributed by atoms with Crippen LogP contribution in [0.25, 0.3) is 11.3 Å². The Hall–Kier alpha value is -3.95. The minimum absolute atomic E-state index is 0.134. The van der Waals surface area contributed by atoms with Crippen molar-refractivity contribution in [1.82, 2.24) is 25.5 Å². The average molecular weight is 532 g/mol. The highest BCUT2D eigenvalue weighted by Gasteiger charge is 2.27. The molecule has 0 atom stereocenters. The number of methoxy groups -OCH3 is 1. The van der Waals surface area contributed by atoms with Gasteiger partial charge in [-0.05, 0) is 49.7 Å². The number of halogens is 1. The highest BCUT2D eigenvalue weighted by Crippen LogP contribution is 2.35. The fourth-order valence-corrected chi connectivity index (χ4v) is 5.07. The molecule has 0 spiro atoms. The third kappa shape index (κ3) is 5.07. The minimum atomic E-state index is -0.134. The van der Waals surface area contributed by atoms with E-state index in [1.807, 2.05) is 38.4 Å². The zero-order valence-corrected chi connectivity index (χ0v) is 22.3. The monoisotopic (exact) mass is 531 g/mol. The van der Waals surface area contributed by atoms with Crippen molar-refractivity contribution in [3.8, 4) is 5.75 Å². The second kappa shape index (κ2) is 10.8. The van der Waals surface area contributed by atoms with Crippen molar-refractivity contribution in [2.45, 2.75) is 18.9 Å². The molecule has 196 valence electrons. The maximum Gasteiger partial charge on any atom is 0.251 e. The summed E-state index contributed by atoms with van der Waals surface area (Å²) in [6.45, 7) is 1.69. The Kier molecular flexibility index (Phi) is 7.31. The summed E-state index contributed by atoms with van der Waals surface area (Å²) < 4.78 is 5.57. The number of rotatable bonds is 7. The second-order valence-electron chi connectivity index (χ2n) is 9.46. The van der Waals surface area contributed by atoms with E-state index in [4.69, 9.17) is 26.7 Å². The van der Waals surface area contributed by atoms with Crippen LogP contribution in [-0.2, 0) is 6.42 Å². The number of hydrogen-bond acceptors (Lipinski definition) is 8. The van der Waals surface area contributed by atoms with Crippen LogP contribution in [0.4, 0.5) is 11.6 Å². The smallest absolute Gasteiger partial charge is 0.251 e. The van der Waals surface area contributed by atoms with Crippen molar-refractivity contribution in [3.05, 3.63) is 76.1 Å². The van der Waals surface area contributed by atoms with E-state index in [0.717, 1.165) is 29.9 Å². The van der Waals surface area contributed by atoms with Crippen molar-refractivity contribution in [2.24, 2.45) is 0 Å². The zero-order valence-electron chi connectivity index (χ0n) is 21.6. The molecule has 0 bridgehead atoms. The first-order chi connectivity index (χ1) is 18.4. The maximum absolute atomic E-state index is 12.7. The largest absolute Gasteiger partial charge is 0.495 e. The van der Waals surface area contributed by atoms with Crippen LogP contribution in [0.5, 0.6) is 5.75 Å². The predicted molar refractivity (Wildman–Crippen MR) is 150 cm³/mol. The lowest BCUT2D eigenvalue weighted by Gasteiger charge is -2.36. The van der Waals surface area contributed by atoms with Gasteiger partial charge in [0.1, 0.15) is 5.75 Å². The third-order valence-corrected chi connectivity index (χ3v) is 7.13. The average Bonchev–Trinajstić information content (AvgIpc) is 2.90. The van der Waals surface area contributed by atoms with Gasteiger partial charge < -0.3 is 31.0 Å². The van der Waals surface area contributed by atoms with Crippen LogP contribution in [0, 0.1) is 5.41 Å². The fourth-order valence-electron chi connectivity index (χ4n) is 4.84. The number of carbonyl (C=O) groups is 1. The van der Waals surface area contributed by atoms with E-state index in [-0.39, 0.29) is 11.9 Å². The SMILES string of the molecule is CN/C(=C1\C(=N)CCc2cnc(Nc3ccc(C(=O)NC4CN(C)C4)cc3OC)nc21)c1ccccc1Cl. The van der Waals surface area contributed by atoms with Gasteiger partial charge in [-0.3, -0.25) is 4.79 Å². The Labute approximate surface area is 226 Å². The van der Waals surface area contributed by atoms with Gasteiger partial charge in [-0.15, -0.1) is 0 Å². The molecule has 1 saturated heterocycles. The number of anilines is 2. The first-order valence-corrected chi connectivity index (χ1v) is 12.8. The molecule has 0 radical (unpaired) electrons. The van der Waals surface area contributed by atoms with Gasteiger partial charge >= 0.3 is 0 Å². The molecule has 0 unspecified atom stereocenters. The molecule has 38 heavy (non-hydrogen) atoms. The quantitative estimate of drug-likeness (QED) is 0.364. The van der Waals surface area contributed by atoms with E-state index < -0.39 is 0 Å². The van der Waals surface area contributed by atoms with Gasteiger partial charge in [0.2, 0.25) is 5.95 Å². The normalized spacial score (nSPS) is 16.8. The Morgan fingerprint density at radius 1 is 1.18 bits per heavy atom. The van der Waals surface area contributed by atoms with E-state index in [9.17, 15) is 4.79 Å². The summed E-state index contributed by atoms with van der Waals surface area (Å²) in [5.41, 5.74) is 5.53. The van der Waals surface area contributed by atoms with E-state index in [1.54, 1.807) is 31.5 Å². The first kappa shape index (κ1) is 25.7. The number of fused-ring (bicyclic) bond motifs is 1. The molecular formula is C28H30ClN7O2. The number of nitrogens with zero attached hydrogens (tertiary/aromatic N) is 3. The zero-order chi connectivity index (χ0) is 26.8. The molecule has 4 N–H and O–H groups in total. The second-order valence-corrected chi connectivity index (χ2v) is 9.86. The Bertz CT molecular complexity index is 1430. The van der Waals surface area contributed by atoms with Gasteiger partial charge in [0.15, 0.2) is 0 Å². The number of nitrogens with one attached hydrogen (secondary N) is 4. The van der Waals surface area contributed by atoms with Gasteiger partial charge in [-0.1, -0.05) is 29.8 Å². The summed E-state index contributed by atoms with van der Waals surface area (Å²) in [5, 5.41) is 18.8. The molecular weight excluding hydrogens is 502 g/mol. The van der Waals surface area contributed by atoms with Crippen LogP contribution in [0.3, 0.4) is 0 Å². The highest BCUT2D eigenvalue weighted by molar-refractivity contribution is 6.35. The molecule has 1 aliphatic heterocycles. The molecule has 2 aliphatic rings. The van der Waals surface area contributed by atoms with Crippen LogP contribution >= 0.6 is 11.6 Å². The lowest BCUT2D eigenvalue weighted by Crippen LogP contribution is -2.57. The molecule has 10 heteroatoms. The van der Waals surface area contributed by atoms with Crippen molar-refractivity contribution in [2.75, 3.05) is 39.6 Å². The third-order valence-electron chi connectivity index (χ3n) is 6.80. The number of aryl methyl sites for hydroxylation is 1. The van der Waals surface area contributed by atoms with Gasteiger partial charge in [-0.2, -0.15) is 0 Å². The Morgan fingerprint density at radius 3 is 2.68 bits per heavy atom. The number of likely N-dealkylation sites (N-methyl/N-ethyl adjacent to an activating group) is 1. The first-order valence-electron chi connectivity index (χ1n) is 12.4. The van der Waals surface area contributed by atoms with Crippen LogP contribution in [-0.4, -0.2) is 66.8 Å². The highest BCUT2D eigenvalue weighted by atomic mass is 35.5. The number of carbonyl (C=O) groups excluding carboxylic acids is 1. The predicted octanol–water partition coefficient (Wildman–Crippen LogP) is 3.98. The number of aromatic nitrogens is 2. The molecule has 1 fully saturated rings. The van der Waals surface area contributed by atoms with Gasteiger partial charge in [0.25, 0.3) is 5.91 Å². The van der Waals surface area contributed by atoms with E-state index in [1.165, 1.54) is 0 Å². The number of hydrogen-bond donors (Lipinski definition) is 4. The van der Waals surface area contributed by atoms with Crippen molar-refractivity contribution >= 4 is 46.1 Å². The summed E-state index contributed by atoms with van der Waals surface area (Å²) in [6, 6.07) is 12.9. The molecule has 1 aliphatic carbocycles. The topological polar surface area (TPSA) is 115 Å². The minimum Gasteiger partial charge on any atom is -0.495 e. The summed E-state index contributed by atoms with van der Waals surface area (Å²) in [4.78, 5) is 24.2. The molecule has 2 aromatic carbocycles. The number of amides is 1. The number of benzene rings is 2. The standard InChI is InChI=1S/C28H30ClN7O2/c1-31-26(19-6-4-5-7-20(19)29)24-21(30)10-8-17-13-32-28(35-25(17)24)34-22-11-9-16(12-23(22)38-3)27(37)33-18-14-36(2)15-18/h4-7,9,11-13,18,30-31H,8,10,14-15H2,1-3H3,(H,33,37)(H,32,34,35)/b26-24+,30-21?. The van der Waals surface area contributed by atoms with Crippen LogP contribution < -0.4 is 20.7 Å². The molecule has 2 heterocycles. The van der Waals surface area contributed by atoms with E-state index >= 15 is 0 Å². The molecule has 3 aromatic rings. The Balaban J connectivity index is 1.46. The van der Waals surface area contributed by atoms with Crippen LogP contribution in [0.2, 0.25) is 5.02 Å². The summed E-state index contributed by atoms with van der Waals surface area (Å²) in [7, 11) is 5.40. The van der Waals surface area contributed by atoms with Crippen molar-refractivity contribution in [1.29, 1.82) is 5.41 Å². The molecule has 0 saturated carbocycles. The molecule has 9 nitrogen and oxygen atoms in total. The van der Waals surface area contributed by atoms with Crippen molar-refractivity contribution < 1.29 is 9.53 Å². The number of allylic oxidation sites excluding steroid dienone is 1. The van der Waals surface area contributed by atoms with E-state index in [2.05, 4.69) is 25.8 Å². The number of ether oxygens (including phenoxy) is 1. The lowest BCUT2D eigenvalue weighted by molar-refractivity contribution is 0.0857. The Morgan fingerprint density at radius 2 is 1.97 bits per heavy atom. The summed E-state index contributed by atoms with van der Waals surface area (Å²) >= 11 is 6.51. The lowest BCUT2D eigenvalue weighted by atomic mass is 9.87. The van der Waals surface area contributed by atoms with E-state index in [0.29, 0.717) is 57.8 Å². The maximum atomic E-state index is 12.7. The fraction of sp³-hybridized carbons (Fsp3) is 0.286. The van der Waals surface area contributed by atoms with Crippen LogP contribution in [0.1, 0.15) is 33.6 Å². The summed E-state index contributed by atoms with van der Waals surface area (Å²) in [5.74, 6) is 0.726. The molecule has 1 amide bonds. The molecule has 5 rings (SSSR count). The van der Waals surface area contributed by atoms with Gasteiger partial charge in [0.05, 0.1) is 30.2 Å².